The predicted molar refractivity (Wildman–Crippen MR) is 55.7 cm³/mol. The summed E-state index contributed by atoms with van der Waals surface area (Å²) in [7, 11) is -3.91. The van der Waals surface area contributed by atoms with Crippen molar-refractivity contribution >= 4 is 15.8 Å². The highest BCUT2D eigenvalue weighted by Gasteiger charge is 2.27. The van der Waals surface area contributed by atoms with Crippen molar-refractivity contribution in [3.63, 3.8) is 0 Å². The molecule has 0 amide bonds. The standard InChI is InChI=1S/C10H9NO4S/c1-7(6-11)16(14,15)9-5-3-2-4-8(9)10(12)13/h2-5,7H,1H3,(H,12,13). The van der Waals surface area contributed by atoms with Gasteiger partial charge in [-0.3, -0.25) is 0 Å². The summed E-state index contributed by atoms with van der Waals surface area (Å²) in [5, 5.41) is 16.2. The maximum absolute atomic E-state index is 11.8. The van der Waals surface area contributed by atoms with Crippen LogP contribution < -0.4 is 0 Å². The van der Waals surface area contributed by atoms with Gasteiger partial charge in [0.1, 0.15) is 5.25 Å². The Morgan fingerprint density at radius 3 is 2.50 bits per heavy atom. The zero-order valence-electron chi connectivity index (χ0n) is 8.41. The van der Waals surface area contributed by atoms with Crippen LogP contribution in [0, 0.1) is 11.3 Å². The molecule has 16 heavy (non-hydrogen) atoms. The van der Waals surface area contributed by atoms with Crippen molar-refractivity contribution in [3.05, 3.63) is 29.8 Å². The van der Waals surface area contributed by atoms with Gasteiger partial charge >= 0.3 is 5.97 Å². The Morgan fingerprint density at radius 1 is 1.44 bits per heavy atom. The van der Waals surface area contributed by atoms with Crippen LogP contribution in [-0.4, -0.2) is 24.7 Å². The van der Waals surface area contributed by atoms with Gasteiger partial charge in [-0.2, -0.15) is 5.26 Å². The van der Waals surface area contributed by atoms with E-state index in [-0.39, 0.29) is 10.5 Å². The molecule has 6 heteroatoms. The number of nitriles is 1. The van der Waals surface area contributed by atoms with Crippen LogP contribution in [0.15, 0.2) is 29.2 Å². The van der Waals surface area contributed by atoms with Crippen molar-refractivity contribution in [3.8, 4) is 6.07 Å². The molecule has 0 saturated carbocycles. The lowest BCUT2D eigenvalue weighted by Crippen LogP contribution is -2.18. The number of carbonyl (C=O) groups is 1. The van der Waals surface area contributed by atoms with Crippen LogP contribution in [0.3, 0.4) is 0 Å². The molecule has 0 spiro atoms. The fraction of sp³-hybridized carbons (Fsp3) is 0.200. The molecule has 0 aliphatic heterocycles. The van der Waals surface area contributed by atoms with E-state index in [0.717, 1.165) is 0 Å². The van der Waals surface area contributed by atoms with Gasteiger partial charge in [0, 0.05) is 0 Å². The summed E-state index contributed by atoms with van der Waals surface area (Å²) in [6.07, 6.45) is 0. The summed E-state index contributed by atoms with van der Waals surface area (Å²) >= 11 is 0. The summed E-state index contributed by atoms with van der Waals surface area (Å²) in [6, 6.07) is 6.82. The van der Waals surface area contributed by atoms with Crippen molar-refractivity contribution in [2.75, 3.05) is 0 Å². The first-order valence-corrected chi connectivity index (χ1v) is 5.91. The number of benzene rings is 1. The minimum Gasteiger partial charge on any atom is -0.478 e. The smallest absolute Gasteiger partial charge is 0.337 e. The lowest BCUT2D eigenvalue weighted by Gasteiger charge is -2.08. The average molecular weight is 239 g/mol. The van der Waals surface area contributed by atoms with E-state index in [0.29, 0.717) is 0 Å². The molecule has 1 rings (SSSR count). The average Bonchev–Trinajstić information content (AvgIpc) is 2.27. The summed E-state index contributed by atoms with van der Waals surface area (Å²) < 4.78 is 23.6. The predicted octanol–water partition coefficient (Wildman–Crippen LogP) is 1.07. The molecule has 0 aromatic heterocycles. The molecule has 0 aliphatic rings. The number of carboxylic acid groups (broad SMARTS) is 1. The van der Waals surface area contributed by atoms with Gasteiger partial charge in [-0.05, 0) is 19.1 Å². The van der Waals surface area contributed by atoms with Crippen LogP contribution in [0.25, 0.3) is 0 Å². The highest BCUT2D eigenvalue weighted by atomic mass is 32.2. The van der Waals surface area contributed by atoms with E-state index in [9.17, 15) is 13.2 Å². The van der Waals surface area contributed by atoms with E-state index in [1.165, 1.54) is 31.2 Å². The SMILES string of the molecule is CC(C#N)S(=O)(=O)c1ccccc1C(=O)O. The molecule has 0 heterocycles. The second-order valence-corrected chi connectivity index (χ2v) is 5.35. The van der Waals surface area contributed by atoms with E-state index in [1.807, 2.05) is 0 Å². The first-order valence-electron chi connectivity index (χ1n) is 4.37. The fourth-order valence-electron chi connectivity index (χ4n) is 1.15. The lowest BCUT2D eigenvalue weighted by molar-refractivity contribution is 0.0692. The summed E-state index contributed by atoms with van der Waals surface area (Å²) in [4.78, 5) is 10.5. The van der Waals surface area contributed by atoms with Gasteiger partial charge in [0.05, 0.1) is 16.5 Å². The van der Waals surface area contributed by atoms with Crippen LogP contribution >= 0.6 is 0 Å². The van der Waals surface area contributed by atoms with Gasteiger partial charge in [-0.1, -0.05) is 12.1 Å². The molecule has 1 atom stereocenters. The molecule has 1 N–H and O–H groups in total. The van der Waals surface area contributed by atoms with E-state index < -0.39 is 21.1 Å². The Kier molecular flexibility index (Phi) is 3.30. The summed E-state index contributed by atoms with van der Waals surface area (Å²) in [6.45, 7) is 1.22. The monoisotopic (exact) mass is 239 g/mol. The zero-order chi connectivity index (χ0) is 12.3. The largest absolute Gasteiger partial charge is 0.478 e. The van der Waals surface area contributed by atoms with Crippen molar-refractivity contribution in [1.82, 2.24) is 0 Å². The highest BCUT2D eigenvalue weighted by Crippen LogP contribution is 2.20. The second kappa shape index (κ2) is 4.33. The molecule has 0 bridgehead atoms. The molecule has 1 aromatic carbocycles. The number of aromatic carboxylic acids is 1. The van der Waals surface area contributed by atoms with Gasteiger partial charge in [-0.25, -0.2) is 13.2 Å². The molecule has 1 unspecified atom stereocenters. The van der Waals surface area contributed by atoms with Gasteiger partial charge < -0.3 is 5.11 Å². The van der Waals surface area contributed by atoms with Crippen LogP contribution in [0.1, 0.15) is 17.3 Å². The number of nitrogens with zero attached hydrogens (tertiary/aromatic N) is 1. The Balaban J connectivity index is 3.47. The highest BCUT2D eigenvalue weighted by molar-refractivity contribution is 7.92. The van der Waals surface area contributed by atoms with E-state index in [1.54, 1.807) is 6.07 Å². The number of hydrogen-bond acceptors (Lipinski definition) is 4. The van der Waals surface area contributed by atoms with Crippen molar-refractivity contribution in [1.29, 1.82) is 5.26 Å². The Morgan fingerprint density at radius 2 is 2.00 bits per heavy atom. The number of sulfone groups is 1. The summed E-state index contributed by atoms with van der Waals surface area (Å²) in [5.41, 5.74) is -0.315. The van der Waals surface area contributed by atoms with E-state index in [4.69, 9.17) is 10.4 Å². The first kappa shape index (κ1) is 12.2. The first-order chi connectivity index (χ1) is 7.41. The fourth-order valence-corrected chi connectivity index (χ4v) is 2.40. The lowest BCUT2D eigenvalue weighted by atomic mass is 10.2. The Labute approximate surface area is 92.9 Å². The number of hydrogen-bond donors (Lipinski definition) is 1. The van der Waals surface area contributed by atoms with Gasteiger partial charge in [0.25, 0.3) is 0 Å². The van der Waals surface area contributed by atoms with Gasteiger partial charge in [-0.15, -0.1) is 0 Å². The van der Waals surface area contributed by atoms with Crippen molar-refractivity contribution in [2.45, 2.75) is 17.1 Å². The molecule has 5 nitrogen and oxygen atoms in total. The van der Waals surface area contributed by atoms with Gasteiger partial charge in [0.15, 0.2) is 9.84 Å². The molecule has 0 radical (unpaired) electrons. The topological polar surface area (TPSA) is 95.2 Å². The maximum Gasteiger partial charge on any atom is 0.337 e. The molecular weight excluding hydrogens is 230 g/mol. The third kappa shape index (κ3) is 2.04. The molecule has 0 aliphatic carbocycles. The molecular formula is C10H9NO4S. The van der Waals surface area contributed by atoms with Crippen LogP contribution in [-0.2, 0) is 9.84 Å². The molecule has 1 aromatic rings. The maximum atomic E-state index is 11.8. The molecule has 84 valence electrons. The van der Waals surface area contributed by atoms with Crippen LogP contribution in [0.4, 0.5) is 0 Å². The van der Waals surface area contributed by atoms with Crippen molar-refractivity contribution < 1.29 is 18.3 Å². The quantitative estimate of drug-likeness (QED) is 0.851. The van der Waals surface area contributed by atoms with E-state index >= 15 is 0 Å². The van der Waals surface area contributed by atoms with Crippen molar-refractivity contribution in [2.24, 2.45) is 0 Å². The molecule has 0 fully saturated rings. The Hall–Kier alpha value is -1.87. The van der Waals surface area contributed by atoms with Crippen LogP contribution in [0.5, 0.6) is 0 Å². The van der Waals surface area contributed by atoms with Gasteiger partial charge in [0.2, 0.25) is 0 Å². The number of carboxylic acids is 1. The Bertz CT molecular complexity index is 556. The third-order valence-electron chi connectivity index (χ3n) is 2.07. The molecule has 0 saturated heterocycles. The summed E-state index contributed by atoms with van der Waals surface area (Å²) in [5.74, 6) is -1.33. The van der Waals surface area contributed by atoms with Crippen LogP contribution in [0.2, 0.25) is 0 Å². The third-order valence-corrected chi connectivity index (χ3v) is 4.08. The second-order valence-electron chi connectivity index (χ2n) is 3.12. The zero-order valence-corrected chi connectivity index (χ0v) is 9.23. The minimum atomic E-state index is -3.91. The number of rotatable bonds is 3. The normalized spacial score (nSPS) is 12.8. The minimum absolute atomic E-state index is 0.315. The van der Waals surface area contributed by atoms with E-state index in [2.05, 4.69) is 0 Å².